The highest BCUT2D eigenvalue weighted by molar-refractivity contribution is 7.12. The summed E-state index contributed by atoms with van der Waals surface area (Å²) in [6.45, 7) is 7.49. The average Bonchev–Trinajstić information content (AvgIpc) is 2.75. The van der Waals surface area contributed by atoms with Crippen LogP contribution < -0.4 is 11.1 Å². The molecule has 19 heavy (non-hydrogen) atoms. The Morgan fingerprint density at radius 3 is 2.63 bits per heavy atom. The fourth-order valence-corrected chi connectivity index (χ4v) is 3.38. The molecule has 1 heterocycles. The van der Waals surface area contributed by atoms with E-state index in [1.807, 2.05) is 6.92 Å². The van der Waals surface area contributed by atoms with Gasteiger partial charge in [0.05, 0.1) is 12.6 Å². The Labute approximate surface area is 120 Å². The molecule has 2 atom stereocenters. The Hall–Kier alpha value is -0.910. The van der Waals surface area contributed by atoms with Crippen LogP contribution in [0.25, 0.3) is 0 Å². The van der Waals surface area contributed by atoms with Crippen LogP contribution in [0.2, 0.25) is 0 Å². The number of nitrogens with two attached hydrogens (primary N) is 1. The molecule has 0 saturated carbocycles. The summed E-state index contributed by atoms with van der Waals surface area (Å²) in [4.78, 5) is 16.4. The highest BCUT2D eigenvalue weighted by Gasteiger charge is 2.26. The fraction of sp³-hybridized carbons (Fsp3) is 0.643. The molecule has 0 aliphatic rings. The summed E-state index contributed by atoms with van der Waals surface area (Å²) < 4.78 is 0. The highest BCUT2D eigenvalue weighted by Crippen LogP contribution is 2.29. The SMILES string of the molecule is CCCN(CC(=O)NC)C(c1ccc(C)s1)C(C)N. The van der Waals surface area contributed by atoms with Gasteiger partial charge in [0.2, 0.25) is 5.91 Å². The van der Waals surface area contributed by atoms with Crippen LogP contribution in [-0.2, 0) is 4.79 Å². The van der Waals surface area contributed by atoms with Crippen LogP contribution in [0, 0.1) is 6.92 Å². The Morgan fingerprint density at radius 2 is 2.21 bits per heavy atom. The summed E-state index contributed by atoms with van der Waals surface area (Å²) in [5, 5.41) is 2.69. The Bertz CT molecular complexity index is 403. The van der Waals surface area contributed by atoms with Crippen molar-refractivity contribution in [3.8, 4) is 0 Å². The van der Waals surface area contributed by atoms with E-state index in [9.17, 15) is 4.79 Å². The number of thiophene rings is 1. The van der Waals surface area contributed by atoms with Crippen molar-refractivity contribution in [3.63, 3.8) is 0 Å². The molecule has 5 heteroatoms. The number of likely N-dealkylation sites (N-methyl/N-ethyl adjacent to an activating group) is 1. The van der Waals surface area contributed by atoms with Crippen molar-refractivity contribution in [2.75, 3.05) is 20.1 Å². The minimum absolute atomic E-state index is 0.00532. The second-order valence-corrected chi connectivity index (χ2v) is 6.22. The van der Waals surface area contributed by atoms with E-state index in [1.165, 1.54) is 9.75 Å². The zero-order valence-corrected chi connectivity index (χ0v) is 13.1. The van der Waals surface area contributed by atoms with Crippen molar-refractivity contribution in [3.05, 3.63) is 21.9 Å². The molecular formula is C14H25N3OS. The van der Waals surface area contributed by atoms with Crippen LogP contribution in [0.15, 0.2) is 12.1 Å². The molecule has 0 spiro atoms. The monoisotopic (exact) mass is 283 g/mol. The minimum atomic E-state index is -0.00532. The topological polar surface area (TPSA) is 58.4 Å². The number of carbonyl (C=O) groups is 1. The summed E-state index contributed by atoms with van der Waals surface area (Å²) in [7, 11) is 1.67. The summed E-state index contributed by atoms with van der Waals surface area (Å²) in [5.41, 5.74) is 6.16. The van der Waals surface area contributed by atoms with E-state index < -0.39 is 0 Å². The summed E-state index contributed by atoms with van der Waals surface area (Å²) in [6.07, 6.45) is 1.00. The van der Waals surface area contributed by atoms with Crippen LogP contribution in [0.1, 0.15) is 36.1 Å². The number of aryl methyl sites for hydroxylation is 1. The van der Waals surface area contributed by atoms with E-state index in [4.69, 9.17) is 5.73 Å². The van der Waals surface area contributed by atoms with Crippen molar-refractivity contribution >= 4 is 17.2 Å². The summed E-state index contributed by atoms with van der Waals surface area (Å²) >= 11 is 1.76. The third-order valence-corrected chi connectivity index (χ3v) is 4.15. The standard InChI is InChI=1S/C14H25N3OS/c1-5-8-17(9-13(18)16-4)14(11(3)15)12-7-6-10(2)19-12/h6-7,11,14H,5,8-9,15H2,1-4H3,(H,16,18). The van der Waals surface area contributed by atoms with Crippen molar-refractivity contribution in [1.82, 2.24) is 10.2 Å². The minimum Gasteiger partial charge on any atom is -0.358 e. The van der Waals surface area contributed by atoms with Gasteiger partial charge in [-0.25, -0.2) is 0 Å². The molecule has 1 aromatic heterocycles. The number of hydrogen-bond acceptors (Lipinski definition) is 4. The Morgan fingerprint density at radius 1 is 1.53 bits per heavy atom. The first-order valence-corrected chi connectivity index (χ1v) is 7.57. The van der Waals surface area contributed by atoms with Gasteiger partial charge in [-0.2, -0.15) is 0 Å². The van der Waals surface area contributed by atoms with Gasteiger partial charge in [-0.3, -0.25) is 9.69 Å². The van der Waals surface area contributed by atoms with Crippen molar-refractivity contribution < 1.29 is 4.79 Å². The van der Waals surface area contributed by atoms with Crippen LogP contribution in [0.4, 0.5) is 0 Å². The molecule has 0 fully saturated rings. The first-order chi connectivity index (χ1) is 8.99. The number of carbonyl (C=O) groups excluding carboxylic acids is 1. The Balaban J connectivity index is 2.95. The maximum Gasteiger partial charge on any atom is 0.233 e. The largest absolute Gasteiger partial charge is 0.358 e. The molecule has 0 aliphatic heterocycles. The van der Waals surface area contributed by atoms with Gasteiger partial charge < -0.3 is 11.1 Å². The normalized spacial score (nSPS) is 14.4. The van der Waals surface area contributed by atoms with Gasteiger partial charge in [-0.1, -0.05) is 6.92 Å². The lowest BCUT2D eigenvalue weighted by atomic mass is 10.1. The smallest absolute Gasteiger partial charge is 0.233 e. The molecule has 108 valence electrons. The third kappa shape index (κ3) is 4.60. The molecule has 1 amide bonds. The Kier molecular flexibility index (Phi) is 6.48. The lowest BCUT2D eigenvalue weighted by Crippen LogP contribution is -2.44. The summed E-state index contributed by atoms with van der Waals surface area (Å²) in [5.74, 6) is 0.0346. The van der Waals surface area contributed by atoms with E-state index >= 15 is 0 Å². The van der Waals surface area contributed by atoms with Crippen LogP contribution in [0.5, 0.6) is 0 Å². The second kappa shape index (κ2) is 7.62. The zero-order valence-electron chi connectivity index (χ0n) is 12.3. The first-order valence-electron chi connectivity index (χ1n) is 6.76. The quantitative estimate of drug-likeness (QED) is 0.803. The molecule has 2 unspecified atom stereocenters. The van der Waals surface area contributed by atoms with Crippen LogP contribution in [0.3, 0.4) is 0 Å². The number of nitrogens with zero attached hydrogens (tertiary/aromatic N) is 1. The second-order valence-electron chi connectivity index (χ2n) is 4.90. The third-order valence-electron chi connectivity index (χ3n) is 3.08. The van der Waals surface area contributed by atoms with Gasteiger partial charge >= 0.3 is 0 Å². The van der Waals surface area contributed by atoms with E-state index in [0.717, 1.165) is 13.0 Å². The molecule has 0 saturated heterocycles. The van der Waals surface area contributed by atoms with Crippen molar-refractivity contribution in [2.24, 2.45) is 5.73 Å². The molecule has 0 aliphatic carbocycles. The molecule has 1 aromatic rings. The van der Waals surface area contributed by atoms with Gasteiger partial charge in [-0.05, 0) is 38.9 Å². The fourth-order valence-electron chi connectivity index (χ4n) is 2.25. The lowest BCUT2D eigenvalue weighted by molar-refractivity contribution is -0.122. The van der Waals surface area contributed by atoms with E-state index in [2.05, 4.69) is 36.2 Å². The molecule has 4 nitrogen and oxygen atoms in total. The highest BCUT2D eigenvalue weighted by atomic mass is 32.1. The molecule has 3 N–H and O–H groups in total. The maximum atomic E-state index is 11.7. The maximum absolute atomic E-state index is 11.7. The molecule has 0 aromatic carbocycles. The predicted octanol–water partition coefficient (Wildman–Crippen LogP) is 1.90. The van der Waals surface area contributed by atoms with E-state index in [-0.39, 0.29) is 18.0 Å². The first kappa shape index (κ1) is 16.1. The van der Waals surface area contributed by atoms with Gasteiger partial charge in [0.25, 0.3) is 0 Å². The number of rotatable bonds is 7. The van der Waals surface area contributed by atoms with E-state index in [1.54, 1.807) is 18.4 Å². The zero-order chi connectivity index (χ0) is 14.4. The summed E-state index contributed by atoms with van der Waals surface area (Å²) in [6, 6.07) is 4.34. The number of hydrogen-bond donors (Lipinski definition) is 2. The van der Waals surface area contributed by atoms with Gasteiger partial charge in [0, 0.05) is 22.8 Å². The van der Waals surface area contributed by atoms with Crippen molar-refractivity contribution in [2.45, 2.75) is 39.3 Å². The van der Waals surface area contributed by atoms with Crippen LogP contribution in [-0.4, -0.2) is 37.0 Å². The molecular weight excluding hydrogens is 258 g/mol. The van der Waals surface area contributed by atoms with Crippen LogP contribution >= 0.6 is 11.3 Å². The van der Waals surface area contributed by atoms with Gasteiger partial charge in [-0.15, -0.1) is 11.3 Å². The van der Waals surface area contributed by atoms with Gasteiger partial charge in [0.15, 0.2) is 0 Å². The number of nitrogens with one attached hydrogen (secondary N) is 1. The van der Waals surface area contributed by atoms with Gasteiger partial charge in [0.1, 0.15) is 0 Å². The average molecular weight is 283 g/mol. The van der Waals surface area contributed by atoms with Crippen molar-refractivity contribution in [1.29, 1.82) is 0 Å². The molecule has 0 bridgehead atoms. The number of amides is 1. The lowest BCUT2D eigenvalue weighted by Gasteiger charge is -2.32. The predicted molar refractivity (Wildman–Crippen MR) is 81.4 cm³/mol. The molecule has 0 radical (unpaired) electrons. The van der Waals surface area contributed by atoms with E-state index in [0.29, 0.717) is 6.54 Å². The molecule has 1 rings (SSSR count).